The maximum absolute atomic E-state index is 13.2. The molecule has 0 saturated carbocycles. The molecule has 0 radical (unpaired) electrons. The van der Waals surface area contributed by atoms with E-state index in [9.17, 15) is 52.7 Å². The molecule has 6 aromatic rings. The average molecular weight is 1320 g/mol. The van der Waals surface area contributed by atoms with Gasteiger partial charge in [-0.05, 0) is 105 Å². The van der Waals surface area contributed by atoms with Crippen LogP contribution in [0.2, 0.25) is 0 Å². The first kappa shape index (κ1) is 72.0. The lowest BCUT2D eigenvalue weighted by atomic mass is 9.88. The molecule has 9 rings (SSSR count). The molecule has 5 amide bonds. The molecule has 3 aliphatic rings. The van der Waals surface area contributed by atoms with Crippen LogP contribution >= 0.6 is 0 Å². The van der Waals surface area contributed by atoms with Gasteiger partial charge in [-0.2, -0.15) is 0 Å². The van der Waals surface area contributed by atoms with Gasteiger partial charge in [0.25, 0.3) is 17.7 Å². The van der Waals surface area contributed by atoms with Crippen molar-refractivity contribution in [3.63, 3.8) is 0 Å². The number of anilines is 1. The van der Waals surface area contributed by atoms with E-state index >= 15 is 0 Å². The summed E-state index contributed by atoms with van der Waals surface area (Å²) in [7, 11) is 5.44. The normalized spacial score (nSPS) is 14.8. The summed E-state index contributed by atoms with van der Waals surface area (Å²) in [5, 5.41) is 6.40. The zero-order chi connectivity index (χ0) is 69.5. The molecule has 3 atom stereocenters. The lowest BCUT2D eigenvalue weighted by Crippen LogP contribution is -2.44. The summed E-state index contributed by atoms with van der Waals surface area (Å²) in [6.45, 7) is 16.8. The van der Waals surface area contributed by atoms with Gasteiger partial charge in [0, 0.05) is 165 Å². The third-order valence-electron chi connectivity index (χ3n) is 17.1. The molecule has 1 saturated heterocycles. The Kier molecular flexibility index (Phi) is 24.8. The molecule has 2 N–H and O–H groups in total. The van der Waals surface area contributed by atoms with Crippen molar-refractivity contribution >= 4 is 93.0 Å². The fourth-order valence-corrected chi connectivity index (χ4v) is 11.6. The Labute approximate surface area is 558 Å². The lowest BCUT2D eigenvalue weighted by molar-refractivity contribution is -0.137. The number of carbonyl (C=O) groups excluding carboxylic acids is 11. The monoisotopic (exact) mass is 1310 g/mol. The number of nitrogens with zero attached hydrogens (tertiary/aromatic N) is 8. The molecule has 0 bridgehead atoms. The molecule has 1 fully saturated rings. The summed E-state index contributed by atoms with van der Waals surface area (Å²) in [5.41, 5.74) is 7.77. The Balaban J connectivity index is 0.000000246. The van der Waals surface area contributed by atoms with Crippen molar-refractivity contribution < 1.29 is 67.0 Å². The first-order valence-corrected chi connectivity index (χ1v) is 32.4. The summed E-state index contributed by atoms with van der Waals surface area (Å²) < 4.78 is 23.8. The second-order valence-electron chi connectivity index (χ2n) is 25.2. The lowest BCUT2D eigenvalue weighted by Gasteiger charge is -2.22. The SMILES string of the molecule is C=C1C[C@H]2C=Nc3cc(OCCCC(=O)Nc4cn(C)c(C(=O)Cc5cc(C(=O)Cc6cc(C)n(C)c6)n(C)c5)n4)c(C)cc3C(=O)N2C1.CC(=O)n1ccc2cc(CC(=O)[C@H](C)NC(=O)[C@@H](CC(=O)CCOCCOCCCC(=O)CCN3C(=O)C=CC3=O)C(C)C)ccc21. The first-order valence-electron chi connectivity index (χ1n) is 32.4. The maximum Gasteiger partial charge on any atom is 0.256 e. The number of benzene rings is 2. The summed E-state index contributed by atoms with van der Waals surface area (Å²) in [4.78, 5) is 149. The van der Waals surface area contributed by atoms with Crippen molar-refractivity contribution in [1.29, 1.82) is 0 Å². The fraction of sp³-hybridized carbons (Fsp3) is 0.431. The Morgan fingerprint density at radius 1 is 0.719 bits per heavy atom. The Morgan fingerprint density at radius 2 is 1.42 bits per heavy atom. The number of aryl methyl sites for hydroxylation is 5. The van der Waals surface area contributed by atoms with Crippen LogP contribution in [0, 0.1) is 25.7 Å². The zero-order valence-corrected chi connectivity index (χ0v) is 56.2. The van der Waals surface area contributed by atoms with Gasteiger partial charge in [0.2, 0.25) is 23.5 Å². The van der Waals surface area contributed by atoms with Crippen LogP contribution in [0.25, 0.3) is 10.9 Å². The number of ether oxygens (including phenoxy) is 3. The third kappa shape index (κ3) is 19.2. The number of carbonyl (C=O) groups is 11. The van der Waals surface area contributed by atoms with E-state index in [1.54, 1.807) is 88.7 Å². The minimum atomic E-state index is -0.735. The number of aliphatic imine (C=N–C) groups is 1. The van der Waals surface area contributed by atoms with Crippen LogP contribution in [0.15, 0.2) is 103 Å². The maximum atomic E-state index is 13.2. The number of ketones is 5. The van der Waals surface area contributed by atoms with Crippen molar-refractivity contribution in [3.8, 4) is 5.75 Å². The highest BCUT2D eigenvalue weighted by Crippen LogP contribution is 2.35. The van der Waals surface area contributed by atoms with E-state index in [4.69, 9.17) is 14.2 Å². The highest BCUT2D eigenvalue weighted by Gasteiger charge is 2.34. The van der Waals surface area contributed by atoms with E-state index in [-0.39, 0.29) is 154 Å². The number of hydrogen-bond donors (Lipinski definition) is 2. The van der Waals surface area contributed by atoms with Gasteiger partial charge < -0.3 is 43.4 Å². The minimum absolute atomic E-state index is 0.0227. The summed E-state index contributed by atoms with van der Waals surface area (Å²) >= 11 is 0. The molecule has 0 spiro atoms. The summed E-state index contributed by atoms with van der Waals surface area (Å²) in [5.74, 6) is -1.72. The van der Waals surface area contributed by atoms with Crippen LogP contribution in [0.5, 0.6) is 5.75 Å². The topological polar surface area (TPSA) is 291 Å². The number of hydrogen-bond acceptors (Lipinski definition) is 16. The number of aromatic nitrogens is 5. The van der Waals surface area contributed by atoms with Crippen molar-refractivity contribution in [1.82, 2.24) is 38.4 Å². The van der Waals surface area contributed by atoms with Gasteiger partial charge in [0.15, 0.2) is 23.2 Å². The second kappa shape index (κ2) is 33.0. The second-order valence-corrected chi connectivity index (χ2v) is 25.2. The Bertz CT molecular complexity index is 4000. The van der Waals surface area contributed by atoms with Gasteiger partial charge in [-0.15, -0.1) is 0 Å². The molecule has 4 aromatic heterocycles. The number of amides is 5. The van der Waals surface area contributed by atoms with Crippen LogP contribution in [0.3, 0.4) is 0 Å². The highest BCUT2D eigenvalue weighted by molar-refractivity contribution is 6.13. The molecule has 7 heterocycles. The molecule has 24 nitrogen and oxygen atoms in total. The van der Waals surface area contributed by atoms with Gasteiger partial charge in [-0.25, -0.2) is 4.98 Å². The fourth-order valence-electron chi connectivity index (χ4n) is 11.6. The number of imidazole rings is 1. The molecular formula is C72H86N10O14. The van der Waals surface area contributed by atoms with Crippen molar-refractivity contribution in [3.05, 3.63) is 143 Å². The number of nitrogens with one attached hydrogen (secondary N) is 2. The van der Waals surface area contributed by atoms with Crippen LogP contribution in [-0.2, 0) is 83.4 Å². The van der Waals surface area contributed by atoms with Crippen LogP contribution in [0.1, 0.15) is 143 Å². The number of fused-ring (bicyclic) bond motifs is 3. The molecule has 96 heavy (non-hydrogen) atoms. The minimum Gasteiger partial charge on any atom is -0.493 e. The quantitative estimate of drug-likeness (QED) is 0.0170. The molecule has 24 heteroatoms. The molecule has 3 aliphatic heterocycles. The molecular weight excluding hydrogens is 1230 g/mol. The molecule has 0 unspecified atom stereocenters. The standard InChI is InChI=1S/C37H41N7O5.C35H45N3O9/c1-22-10-27-17-38-29-16-33(23(2)11-28(29)37(48)44(27)18-22)49-9-7-8-35(47)39-34-21-43(6)36(40-34)32(46)15-26-13-30(42(5)20-26)31(45)14-25-12-24(3)41(4)19-25;1-23(2)30(35(45)36-24(3)32(42)21-26-7-8-31-27(20-26)11-14-37(31)25(4)39)22-29(41)13-17-47-19-18-46-16-5-6-28(40)12-15-38-33(43)9-10-34(38)44/h11-13,16-17,19-21,27H,1,7-10,14-15,18H2,2-6H3,(H,39,47);7-11,14,20,23-24,30H,5-6,12-13,15-19,21-22H2,1-4H3,(H,36,45)/t27-;24-,30-/m00/s1. The summed E-state index contributed by atoms with van der Waals surface area (Å²) in [6, 6.07) is 13.8. The molecule has 0 aliphatic carbocycles. The number of rotatable bonds is 33. The molecule has 2 aromatic carbocycles. The van der Waals surface area contributed by atoms with E-state index in [0.29, 0.717) is 60.9 Å². The van der Waals surface area contributed by atoms with Gasteiger partial charge >= 0.3 is 0 Å². The van der Waals surface area contributed by atoms with Crippen LogP contribution < -0.4 is 15.4 Å². The van der Waals surface area contributed by atoms with Gasteiger partial charge in [-0.3, -0.25) is 67.2 Å². The predicted molar refractivity (Wildman–Crippen MR) is 360 cm³/mol. The third-order valence-corrected chi connectivity index (χ3v) is 17.1. The zero-order valence-electron chi connectivity index (χ0n) is 56.2. The first-order chi connectivity index (χ1) is 45.7. The Morgan fingerprint density at radius 3 is 2.12 bits per heavy atom. The highest BCUT2D eigenvalue weighted by atomic mass is 16.5. The van der Waals surface area contributed by atoms with Crippen molar-refractivity contribution in [2.75, 3.05) is 51.4 Å². The van der Waals surface area contributed by atoms with Crippen molar-refractivity contribution in [2.45, 2.75) is 124 Å². The summed E-state index contributed by atoms with van der Waals surface area (Å²) in [6.07, 6.45) is 14.1. The van der Waals surface area contributed by atoms with Gasteiger partial charge in [0.1, 0.15) is 17.3 Å². The molecule has 508 valence electrons. The number of Topliss-reactive ketones (excluding diaryl/α,β-unsaturated/α-hetero) is 5. The van der Waals surface area contributed by atoms with Gasteiger partial charge in [-0.1, -0.05) is 32.1 Å². The Hall–Kier alpha value is -9.81. The van der Waals surface area contributed by atoms with E-state index in [0.717, 1.165) is 50.2 Å². The van der Waals surface area contributed by atoms with Crippen LogP contribution in [0.4, 0.5) is 11.5 Å². The van der Waals surface area contributed by atoms with E-state index < -0.39 is 23.8 Å². The van der Waals surface area contributed by atoms with Crippen LogP contribution in [-0.4, -0.2) is 162 Å². The number of imide groups is 1. The van der Waals surface area contributed by atoms with E-state index in [2.05, 4.69) is 27.2 Å². The average Bonchev–Trinajstić information content (AvgIpc) is 1.63. The van der Waals surface area contributed by atoms with Crippen molar-refractivity contribution in [2.24, 2.45) is 38.0 Å². The largest absolute Gasteiger partial charge is 0.493 e. The smallest absolute Gasteiger partial charge is 0.256 e. The van der Waals surface area contributed by atoms with E-state index in [1.807, 2.05) is 69.8 Å². The van der Waals surface area contributed by atoms with E-state index in [1.165, 1.54) is 19.1 Å². The predicted octanol–water partition coefficient (Wildman–Crippen LogP) is 8.09. The van der Waals surface area contributed by atoms with Gasteiger partial charge in [0.05, 0.1) is 61.0 Å².